The number of alkyl halides is 2. The van der Waals surface area contributed by atoms with Crippen LogP contribution >= 0.6 is 0 Å². The number of piperidine rings is 1. The van der Waals surface area contributed by atoms with E-state index in [9.17, 15) is 17.2 Å². The molecular weight excluding hydrogens is 430 g/mol. The van der Waals surface area contributed by atoms with E-state index in [-0.39, 0.29) is 23.5 Å². The first-order valence-corrected chi connectivity index (χ1v) is 14.0. The van der Waals surface area contributed by atoms with Crippen molar-refractivity contribution in [3.8, 4) is 0 Å². The molecule has 4 aliphatic rings. The van der Waals surface area contributed by atoms with Gasteiger partial charge in [-0.25, -0.2) is 17.2 Å². The lowest BCUT2D eigenvalue weighted by atomic mass is 9.84. The number of nitrogens with one attached hydrogen (secondary N) is 1. The molecule has 1 N–H and O–H groups in total. The van der Waals surface area contributed by atoms with Gasteiger partial charge in [-0.1, -0.05) is 19.1 Å². The Labute approximate surface area is 191 Å². The van der Waals surface area contributed by atoms with Crippen LogP contribution in [-0.2, 0) is 15.4 Å². The Morgan fingerprint density at radius 3 is 2.41 bits per heavy atom. The molecule has 7 heteroatoms. The van der Waals surface area contributed by atoms with Crippen molar-refractivity contribution in [2.24, 2.45) is 17.8 Å². The molecule has 1 aliphatic heterocycles. The highest BCUT2D eigenvalue weighted by molar-refractivity contribution is 7.93. The van der Waals surface area contributed by atoms with E-state index in [1.54, 1.807) is 0 Å². The molecule has 1 aromatic rings. The van der Waals surface area contributed by atoms with E-state index in [1.807, 2.05) is 12.1 Å². The molecule has 0 aromatic heterocycles. The van der Waals surface area contributed by atoms with Crippen LogP contribution in [0.1, 0.15) is 70.3 Å². The number of sulfonamides is 1. The highest BCUT2D eigenvalue weighted by Gasteiger charge is 2.67. The molecule has 1 saturated heterocycles. The SMILES string of the molecule is CCC1(c2cccc(NS(=O)(=O)C3CC3)c2)C2CN(CCCC3CCC(F)(F)CC3)C[C@@H]21. The Hall–Kier alpha value is -1.21. The summed E-state index contributed by atoms with van der Waals surface area (Å²) >= 11 is 0. The average Bonchev–Trinajstić information content (AvgIpc) is 3.66. The molecule has 1 aromatic carbocycles. The van der Waals surface area contributed by atoms with Gasteiger partial charge in [-0.2, -0.15) is 0 Å². The summed E-state index contributed by atoms with van der Waals surface area (Å²) in [6.07, 6.45) is 6.28. The molecule has 178 valence electrons. The maximum atomic E-state index is 13.3. The summed E-state index contributed by atoms with van der Waals surface area (Å²) in [4.78, 5) is 2.56. The van der Waals surface area contributed by atoms with E-state index in [0.29, 0.717) is 36.3 Å². The predicted molar refractivity (Wildman–Crippen MR) is 124 cm³/mol. The first-order valence-electron chi connectivity index (χ1n) is 12.5. The van der Waals surface area contributed by atoms with Crippen molar-refractivity contribution in [1.29, 1.82) is 0 Å². The summed E-state index contributed by atoms with van der Waals surface area (Å²) in [6, 6.07) is 8.07. The van der Waals surface area contributed by atoms with Crippen LogP contribution in [0.25, 0.3) is 0 Å². The van der Waals surface area contributed by atoms with Crippen molar-refractivity contribution in [2.45, 2.75) is 81.3 Å². The molecule has 3 saturated carbocycles. The minimum atomic E-state index is -3.24. The van der Waals surface area contributed by atoms with Gasteiger partial charge < -0.3 is 4.90 Å². The largest absolute Gasteiger partial charge is 0.303 e. The van der Waals surface area contributed by atoms with Gasteiger partial charge in [-0.05, 0) is 86.9 Å². The van der Waals surface area contributed by atoms with Crippen molar-refractivity contribution in [2.75, 3.05) is 24.4 Å². The molecule has 4 fully saturated rings. The smallest absolute Gasteiger partial charge is 0.248 e. The molecule has 5 rings (SSSR count). The normalized spacial score (nSPS) is 32.6. The van der Waals surface area contributed by atoms with Crippen molar-refractivity contribution in [1.82, 2.24) is 4.90 Å². The summed E-state index contributed by atoms with van der Waals surface area (Å²) < 4.78 is 54.2. The van der Waals surface area contributed by atoms with Gasteiger partial charge in [-0.15, -0.1) is 0 Å². The molecular formula is C25H36F2N2O2S. The third-order valence-corrected chi connectivity index (χ3v) is 10.6. The van der Waals surface area contributed by atoms with Crippen molar-refractivity contribution in [3.05, 3.63) is 29.8 Å². The molecule has 3 aliphatic carbocycles. The van der Waals surface area contributed by atoms with Crippen LogP contribution < -0.4 is 4.72 Å². The van der Waals surface area contributed by atoms with E-state index in [2.05, 4.69) is 28.7 Å². The maximum absolute atomic E-state index is 13.3. The second kappa shape index (κ2) is 8.23. The Bertz CT molecular complexity index is 925. The zero-order valence-corrected chi connectivity index (χ0v) is 19.8. The van der Waals surface area contributed by atoms with Crippen LogP contribution in [0.4, 0.5) is 14.5 Å². The molecule has 0 amide bonds. The van der Waals surface area contributed by atoms with Gasteiger partial charge in [0.25, 0.3) is 0 Å². The third kappa shape index (κ3) is 4.31. The number of rotatable bonds is 9. The summed E-state index contributed by atoms with van der Waals surface area (Å²) in [7, 11) is -3.24. The predicted octanol–water partition coefficient (Wildman–Crippen LogP) is 5.41. The Balaban J connectivity index is 1.14. The molecule has 0 spiro atoms. The Morgan fingerprint density at radius 1 is 1.09 bits per heavy atom. The quantitative estimate of drug-likeness (QED) is 0.530. The molecule has 4 nitrogen and oxygen atoms in total. The number of anilines is 1. The zero-order valence-electron chi connectivity index (χ0n) is 19.0. The number of hydrogen-bond donors (Lipinski definition) is 1. The van der Waals surface area contributed by atoms with E-state index < -0.39 is 15.9 Å². The minimum absolute atomic E-state index is 0.0699. The van der Waals surface area contributed by atoms with Crippen molar-refractivity contribution >= 4 is 15.7 Å². The molecule has 32 heavy (non-hydrogen) atoms. The van der Waals surface area contributed by atoms with Crippen LogP contribution in [0.5, 0.6) is 0 Å². The van der Waals surface area contributed by atoms with Gasteiger partial charge in [0.05, 0.1) is 5.25 Å². The average molecular weight is 467 g/mol. The minimum Gasteiger partial charge on any atom is -0.303 e. The van der Waals surface area contributed by atoms with Crippen LogP contribution in [0.2, 0.25) is 0 Å². The zero-order chi connectivity index (χ0) is 22.6. The van der Waals surface area contributed by atoms with Crippen LogP contribution in [0, 0.1) is 17.8 Å². The number of nitrogens with zero attached hydrogens (tertiary/aromatic N) is 1. The van der Waals surface area contributed by atoms with Crippen LogP contribution in [0.3, 0.4) is 0 Å². The van der Waals surface area contributed by atoms with Crippen molar-refractivity contribution in [3.63, 3.8) is 0 Å². The van der Waals surface area contributed by atoms with Crippen LogP contribution in [0.15, 0.2) is 24.3 Å². The lowest BCUT2D eigenvalue weighted by Crippen LogP contribution is -2.31. The monoisotopic (exact) mass is 466 g/mol. The number of fused-ring (bicyclic) bond motifs is 1. The van der Waals surface area contributed by atoms with Gasteiger partial charge >= 0.3 is 0 Å². The number of likely N-dealkylation sites (tertiary alicyclic amines) is 1. The van der Waals surface area contributed by atoms with E-state index >= 15 is 0 Å². The Morgan fingerprint density at radius 2 is 1.78 bits per heavy atom. The second-order valence-electron chi connectivity index (χ2n) is 10.7. The van der Waals surface area contributed by atoms with Gasteiger partial charge in [-0.3, -0.25) is 4.72 Å². The summed E-state index contributed by atoms with van der Waals surface area (Å²) in [6.45, 7) is 5.52. The van der Waals surface area contributed by atoms with Gasteiger partial charge in [0.2, 0.25) is 15.9 Å². The number of halogens is 2. The summed E-state index contributed by atoms with van der Waals surface area (Å²) in [5, 5.41) is -0.217. The molecule has 2 unspecified atom stereocenters. The maximum Gasteiger partial charge on any atom is 0.248 e. The second-order valence-corrected chi connectivity index (χ2v) is 12.7. The Kier molecular flexibility index (Phi) is 5.80. The first kappa shape index (κ1) is 22.6. The standard InChI is InChI=1S/C25H36F2N2O2S/c1-2-25(19-6-3-7-20(15-19)28-32(30,31)21-8-9-21)22-16-29(17-23(22)25)14-4-5-18-10-12-24(26,27)13-11-18/h3,6-7,15,18,21-23,28H,2,4-5,8-14,16-17H2,1H3/t22-,23?,25?/m0/s1. The molecule has 3 atom stereocenters. The fourth-order valence-electron chi connectivity index (χ4n) is 6.65. The van der Waals surface area contributed by atoms with E-state index in [0.717, 1.165) is 51.7 Å². The van der Waals surface area contributed by atoms with E-state index in [1.165, 1.54) is 5.56 Å². The molecule has 1 heterocycles. The highest BCUT2D eigenvalue weighted by Crippen LogP contribution is 2.65. The number of benzene rings is 1. The fourth-order valence-corrected chi connectivity index (χ4v) is 8.02. The molecule has 0 radical (unpaired) electrons. The lowest BCUT2D eigenvalue weighted by Gasteiger charge is -2.29. The van der Waals surface area contributed by atoms with Crippen LogP contribution in [-0.4, -0.2) is 44.1 Å². The number of hydrogen-bond acceptors (Lipinski definition) is 3. The van der Waals surface area contributed by atoms with Gasteiger partial charge in [0.15, 0.2) is 0 Å². The lowest BCUT2D eigenvalue weighted by molar-refractivity contribution is -0.0468. The first-order chi connectivity index (χ1) is 15.2. The highest BCUT2D eigenvalue weighted by atomic mass is 32.2. The summed E-state index contributed by atoms with van der Waals surface area (Å²) in [5.74, 6) is -0.679. The van der Waals surface area contributed by atoms with E-state index in [4.69, 9.17) is 0 Å². The summed E-state index contributed by atoms with van der Waals surface area (Å²) in [5.41, 5.74) is 2.14. The van der Waals surface area contributed by atoms with Gasteiger partial charge in [0, 0.05) is 37.0 Å². The van der Waals surface area contributed by atoms with Crippen molar-refractivity contribution < 1.29 is 17.2 Å². The topological polar surface area (TPSA) is 49.4 Å². The van der Waals surface area contributed by atoms with Gasteiger partial charge in [0.1, 0.15) is 0 Å². The fraction of sp³-hybridized carbons (Fsp3) is 0.760. The third-order valence-electron chi connectivity index (χ3n) is 8.74. The molecule has 0 bridgehead atoms.